The number of hydrogen-bond donors (Lipinski definition) is 2. The van der Waals surface area contributed by atoms with Crippen molar-refractivity contribution in [1.82, 2.24) is 5.32 Å². The minimum Gasteiger partial charge on any atom is -0.497 e. The fourth-order valence-electron chi connectivity index (χ4n) is 2.30. The van der Waals surface area contributed by atoms with E-state index in [9.17, 15) is 14.0 Å². The van der Waals surface area contributed by atoms with E-state index in [-0.39, 0.29) is 24.1 Å². The van der Waals surface area contributed by atoms with Crippen LogP contribution in [-0.2, 0) is 9.59 Å². The quantitative estimate of drug-likeness (QED) is 0.844. The maximum absolute atomic E-state index is 12.9. The molecule has 0 bridgehead atoms. The highest BCUT2D eigenvalue weighted by Crippen LogP contribution is 2.27. The molecule has 6 nitrogen and oxygen atoms in total. The zero-order valence-corrected chi connectivity index (χ0v) is 14.7. The first-order chi connectivity index (χ1) is 12.5. The predicted molar refractivity (Wildman–Crippen MR) is 99.3 cm³/mol. The molecule has 1 heterocycles. The zero-order chi connectivity index (χ0) is 18.5. The number of hydrogen-bond acceptors (Lipinski definition) is 5. The number of rotatable bonds is 5. The number of carbonyl (C=O) groups is 2. The average molecular weight is 373 g/mol. The van der Waals surface area contributed by atoms with Crippen molar-refractivity contribution in [1.29, 1.82) is 0 Å². The van der Waals surface area contributed by atoms with E-state index in [0.717, 1.165) is 0 Å². The van der Waals surface area contributed by atoms with Gasteiger partial charge in [-0.25, -0.2) is 9.38 Å². The summed E-state index contributed by atoms with van der Waals surface area (Å²) in [5.74, 6) is -0.318. The largest absolute Gasteiger partial charge is 0.497 e. The van der Waals surface area contributed by atoms with E-state index in [2.05, 4.69) is 15.6 Å². The van der Waals surface area contributed by atoms with Gasteiger partial charge in [0, 0.05) is 18.2 Å². The fraction of sp³-hybridized carbons (Fsp3) is 0.167. The number of aliphatic imine (C=N–C) groups is 1. The number of methoxy groups -OCH3 is 1. The second kappa shape index (κ2) is 8.01. The van der Waals surface area contributed by atoms with Crippen LogP contribution in [0, 0.1) is 5.82 Å². The third-order valence-corrected chi connectivity index (χ3v) is 4.64. The van der Waals surface area contributed by atoms with Crippen molar-refractivity contribution in [2.75, 3.05) is 12.4 Å². The van der Waals surface area contributed by atoms with E-state index >= 15 is 0 Å². The molecule has 0 spiro atoms. The van der Waals surface area contributed by atoms with Gasteiger partial charge in [-0.05, 0) is 36.4 Å². The van der Waals surface area contributed by atoms with Gasteiger partial charge in [0.25, 0.3) is 0 Å². The Morgan fingerprint density at radius 1 is 1.31 bits per heavy atom. The summed E-state index contributed by atoms with van der Waals surface area (Å²) in [7, 11) is 1.56. The van der Waals surface area contributed by atoms with Crippen molar-refractivity contribution >= 4 is 40.1 Å². The number of halogens is 1. The predicted octanol–water partition coefficient (Wildman–Crippen LogP) is 3.08. The highest BCUT2D eigenvalue weighted by molar-refractivity contribution is 8.15. The minimum atomic E-state index is -0.570. The van der Waals surface area contributed by atoms with Crippen LogP contribution >= 0.6 is 11.8 Å². The van der Waals surface area contributed by atoms with Crippen molar-refractivity contribution in [2.45, 2.75) is 11.7 Å². The van der Waals surface area contributed by atoms with Gasteiger partial charge in [0.05, 0.1) is 12.8 Å². The normalized spacial score (nSPS) is 17.8. The Hall–Kier alpha value is -2.87. The summed E-state index contributed by atoms with van der Waals surface area (Å²) in [5.41, 5.74) is 1.12. The molecule has 2 aromatic carbocycles. The summed E-state index contributed by atoms with van der Waals surface area (Å²) >= 11 is 1.20. The summed E-state index contributed by atoms with van der Waals surface area (Å²) in [6.45, 7) is 0. The molecule has 0 unspecified atom stereocenters. The number of amides is 2. The van der Waals surface area contributed by atoms with Crippen LogP contribution in [0.4, 0.5) is 15.8 Å². The summed E-state index contributed by atoms with van der Waals surface area (Å²) in [6, 6.07) is 12.6. The van der Waals surface area contributed by atoms with E-state index < -0.39 is 5.25 Å². The van der Waals surface area contributed by atoms with Gasteiger partial charge in [-0.1, -0.05) is 17.8 Å². The number of ether oxygens (including phenoxy) is 1. The number of benzene rings is 2. The molecular weight excluding hydrogens is 357 g/mol. The van der Waals surface area contributed by atoms with E-state index in [1.165, 1.54) is 36.0 Å². The first-order valence-corrected chi connectivity index (χ1v) is 8.67. The van der Waals surface area contributed by atoms with Crippen molar-refractivity contribution in [3.63, 3.8) is 0 Å². The Morgan fingerprint density at radius 2 is 2.08 bits per heavy atom. The highest BCUT2D eigenvalue weighted by atomic mass is 32.2. The van der Waals surface area contributed by atoms with Crippen molar-refractivity contribution < 1.29 is 18.7 Å². The van der Waals surface area contributed by atoms with Crippen LogP contribution in [0.2, 0.25) is 0 Å². The van der Waals surface area contributed by atoms with Crippen LogP contribution < -0.4 is 15.4 Å². The van der Waals surface area contributed by atoms with E-state index in [0.29, 0.717) is 22.3 Å². The molecule has 0 saturated carbocycles. The third kappa shape index (κ3) is 4.60. The topological polar surface area (TPSA) is 79.8 Å². The Balaban J connectivity index is 1.61. The molecule has 8 heteroatoms. The number of amidine groups is 1. The lowest BCUT2D eigenvalue weighted by Gasteiger charge is -2.07. The van der Waals surface area contributed by atoms with Gasteiger partial charge in [0.15, 0.2) is 5.17 Å². The lowest BCUT2D eigenvalue weighted by Crippen LogP contribution is -2.28. The van der Waals surface area contributed by atoms with Crippen LogP contribution in [-0.4, -0.2) is 29.3 Å². The minimum absolute atomic E-state index is 0.00892. The summed E-state index contributed by atoms with van der Waals surface area (Å²) in [5, 5.41) is 5.17. The van der Waals surface area contributed by atoms with E-state index in [4.69, 9.17) is 4.74 Å². The molecule has 26 heavy (non-hydrogen) atoms. The van der Waals surface area contributed by atoms with Gasteiger partial charge in [0.1, 0.15) is 16.8 Å². The molecule has 1 atom stereocenters. The molecule has 1 fully saturated rings. The van der Waals surface area contributed by atoms with E-state index in [1.54, 1.807) is 31.4 Å². The first kappa shape index (κ1) is 17.9. The highest BCUT2D eigenvalue weighted by Gasteiger charge is 2.32. The Kier molecular flexibility index (Phi) is 5.52. The van der Waals surface area contributed by atoms with Gasteiger partial charge in [-0.3, -0.25) is 9.59 Å². The molecule has 0 aromatic heterocycles. The van der Waals surface area contributed by atoms with Crippen molar-refractivity contribution in [3.05, 3.63) is 54.3 Å². The van der Waals surface area contributed by atoms with Gasteiger partial charge >= 0.3 is 0 Å². The Morgan fingerprint density at radius 3 is 2.81 bits per heavy atom. The molecule has 2 N–H and O–H groups in total. The summed E-state index contributed by atoms with van der Waals surface area (Å²) < 4.78 is 18.0. The standard InChI is InChI=1S/C18H16FN3O3S/c1-25-14-4-2-3-13(9-14)21-18-22-17(24)15(26-18)10-16(23)20-12-7-5-11(19)6-8-12/h2-9,15H,10H2,1H3,(H,20,23)(H,21,22,24)/t15-/m0/s1. The summed E-state index contributed by atoms with van der Waals surface area (Å²) in [6.07, 6.45) is -0.00892. The maximum atomic E-state index is 12.9. The van der Waals surface area contributed by atoms with Crippen LogP contribution in [0.25, 0.3) is 0 Å². The van der Waals surface area contributed by atoms with Gasteiger partial charge in [-0.15, -0.1) is 0 Å². The number of nitrogens with zero attached hydrogens (tertiary/aromatic N) is 1. The molecule has 1 aliphatic heterocycles. The lowest BCUT2D eigenvalue weighted by molar-refractivity contribution is -0.122. The number of anilines is 1. The Labute approximate surface area is 153 Å². The molecule has 2 amide bonds. The molecule has 3 rings (SSSR count). The first-order valence-electron chi connectivity index (χ1n) is 7.79. The molecular formula is C18H16FN3O3S. The van der Waals surface area contributed by atoms with E-state index in [1.807, 2.05) is 0 Å². The van der Waals surface area contributed by atoms with Gasteiger partial charge < -0.3 is 15.4 Å². The molecule has 0 aliphatic carbocycles. The van der Waals surface area contributed by atoms with Gasteiger partial charge in [-0.2, -0.15) is 0 Å². The van der Waals surface area contributed by atoms with Crippen molar-refractivity contribution in [3.8, 4) is 5.75 Å². The smallest absolute Gasteiger partial charge is 0.240 e. The molecule has 0 radical (unpaired) electrons. The second-order valence-corrected chi connectivity index (χ2v) is 6.66. The van der Waals surface area contributed by atoms with Crippen LogP contribution in [0.1, 0.15) is 6.42 Å². The monoisotopic (exact) mass is 373 g/mol. The second-order valence-electron chi connectivity index (χ2n) is 5.47. The number of nitrogens with one attached hydrogen (secondary N) is 2. The third-order valence-electron chi connectivity index (χ3n) is 3.56. The Bertz CT molecular complexity index is 855. The molecule has 2 aromatic rings. The van der Waals surface area contributed by atoms with Crippen LogP contribution in [0.3, 0.4) is 0 Å². The molecule has 1 saturated heterocycles. The van der Waals surface area contributed by atoms with Crippen LogP contribution in [0.5, 0.6) is 5.75 Å². The van der Waals surface area contributed by atoms with Crippen molar-refractivity contribution in [2.24, 2.45) is 4.99 Å². The fourth-order valence-corrected chi connectivity index (χ4v) is 3.29. The van der Waals surface area contributed by atoms with Crippen LogP contribution in [0.15, 0.2) is 53.5 Å². The SMILES string of the molecule is COc1cccc(N=C2NC(=O)[C@H](CC(=O)Nc3ccc(F)cc3)S2)c1. The number of carbonyl (C=O) groups excluding carboxylic acids is 2. The summed E-state index contributed by atoms with van der Waals surface area (Å²) in [4.78, 5) is 28.5. The lowest BCUT2D eigenvalue weighted by atomic mass is 10.2. The maximum Gasteiger partial charge on any atom is 0.240 e. The average Bonchev–Trinajstić information content (AvgIpc) is 2.96. The van der Waals surface area contributed by atoms with Gasteiger partial charge in [0.2, 0.25) is 11.8 Å². The molecule has 134 valence electrons. The molecule has 1 aliphatic rings. The number of thioether (sulfide) groups is 1. The zero-order valence-electron chi connectivity index (χ0n) is 13.9.